The van der Waals surface area contributed by atoms with Crippen molar-refractivity contribution >= 4 is 17.7 Å². The highest BCUT2D eigenvalue weighted by molar-refractivity contribution is 7.98. The number of ether oxygens (including phenoxy) is 3. The van der Waals surface area contributed by atoms with Crippen molar-refractivity contribution in [3.63, 3.8) is 0 Å². The van der Waals surface area contributed by atoms with Crippen LogP contribution >= 0.6 is 11.8 Å². The van der Waals surface area contributed by atoms with E-state index in [-0.39, 0.29) is 0 Å². The fraction of sp³-hybridized carbons (Fsp3) is 0.700. The molecular formula is C10H14N2O4S. The number of nitriles is 2. The van der Waals surface area contributed by atoms with Gasteiger partial charge in [-0.1, -0.05) is 6.92 Å². The molecule has 0 aromatic carbocycles. The highest BCUT2D eigenvalue weighted by Gasteiger charge is 2.25. The van der Waals surface area contributed by atoms with E-state index < -0.39 is 18.4 Å². The fourth-order valence-electron chi connectivity index (χ4n) is 0.968. The van der Waals surface area contributed by atoms with Crippen LogP contribution in [0.5, 0.6) is 0 Å². The molecule has 0 heterocycles. The van der Waals surface area contributed by atoms with Gasteiger partial charge < -0.3 is 14.2 Å². The molecule has 0 amide bonds. The smallest absolute Gasteiger partial charge is 0.351 e. The minimum atomic E-state index is -0.941. The summed E-state index contributed by atoms with van der Waals surface area (Å²) in [7, 11) is 0. The Morgan fingerprint density at radius 1 is 1.35 bits per heavy atom. The molecule has 6 nitrogen and oxygen atoms in total. The maximum Gasteiger partial charge on any atom is 0.351 e. The van der Waals surface area contributed by atoms with Crippen molar-refractivity contribution < 1.29 is 19.0 Å². The Hall–Kier alpha value is -1.60. The van der Waals surface area contributed by atoms with Crippen molar-refractivity contribution in [3.05, 3.63) is 0 Å². The van der Waals surface area contributed by atoms with Crippen LogP contribution in [0.4, 0.5) is 0 Å². The average molecular weight is 258 g/mol. The van der Waals surface area contributed by atoms with E-state index in [1.165, 1.54) is 24.3 Å². The van der Waals surface area contributed by atoms with Gasteiger partial charge in [0.2, 0.25) is 6.10 Å². The summed E-state index contributed by atoms with van der Waals surface area (Å²) >= 11 is 1.53. The van der Waals surface area contributed by atoms with E-state index in [4.69, 9.17) is 15.3 Å². The average Bonchev–Trinajstić information content (AvgIpc) is 2.33. The van der Waals surface area contributed by atoms with Crippen LogP contribution < -0.4 is 0 Å². The molecule has 0 saturated carbocycles. The molecule has 2 unspecified atom stereocenters. The van der Waals surface area contributed by atoms with E-state index >= 15 is 0 Å². The maximum atomic E-state index is 11.6. The highest BCUT2D eigenvalue weighted by atomic mass is 32.2. The second-order valence-electron chi connectivity index (χ2n) is 2.96. The molecule has 0 radical (unpaired) electrons. The molecule has 17 heavy (non-hydrogen) atoms. The number of hydrogen-bond acceptors (Lipinski definition) is 7. The predicted octanol–water partition coefficient (Wildman–Crippen LogP) is 1.38. The van der Waals surface area contributed by atoms with Gasteiger partial charge in [-0.2, -0.15) is 22.3 Å². The molecule has 0 aromatic rings. The zero-order valence-electron chi connectivity index (χ0n) is 9.71. The second kappa shape index (κ2) is 9.61. The van der Waals surface area contributed by atoms with Crippen molar-refractivity contribution in [1.82, 2.24) is 0 Å². The van der Waals surface area contributed by atoms with Crippen molar-refractivity contribution in [2.24, 2.45) is 0 Å². The van der Waals surface area contributed by atoms with Gasteiger partial charge in [-0.15, -0.1) is 0 Å². The summed E-state index contributed by atoms with van der Waals surface area (Å²) in [5.41, 5.74) is 0. The van der Waals surface area contributed by atoms with E-state index in [1.807, 2.05) is 6.26 Å². The summed E-state index contributed by atoms with van der Waals surface area (Å²) < 4.78 is 14.0. The number of esters is 1. The lowest BCUT2D eigenvalue weighted by atomic mass is 10.3. The Labute approximate surface area is 104 Å². The Morgan fingerprint density at radius 3 is 2.47 bits per heavy atom. The molecule has 2 atom stereocenters. The Bertz CT molecular complexity index is 310. The van der Waals surface area contributed by atoms with Crippen molar-refractivity contribution in [3.8, 4) is 12.5 Å². The molecule has 7 heteroatoms. The molecule has 0 aliphatic heterocycles. The maximum absolute atomic E-state index is 11.6. The lowest BCUT2D eigenvalue weighted by Crippen LogP contribution is -2.30. The first kappa shape index (κ1) is 15.4. The summed E-state index contributed by atoms with van der Waals surface area (Å²) in [5.74, 6) is -0.0279. The summed E-state index contributed by atoms with van der Waals surface area (Å²) in [6.45, 7) is 1.71. The topological polar surface area (TPSA) is 92.3 Å². The van der Waals surface area contributed by atoms with Gasteiger partial charge in [0.15, 0.2) is 0 Å². The third-order valence-corrected chi connectivity index (χ3v) is 2.45. The van der Waals surface area contributed by atoms with Gasteiger partial charge in [0, 0.05) is 12.8 Å². The molecule has 0 aliphatic carbocycles. The zero-order chi connectivity index (χ0) is 13.1. The summed E-state index contributed by atoms with van der Waals surface area (Å²) in [5, 5.41) is 16.7. The van der Waals surface area contributed by atoms with Crippen molar-refractivity contribution in [2.75, 3.05) is 12.0 Å². The van der Waals surface area contributed by atoms with E-state index in [1.54, 1.807) is 6.92 Å². The van der Waals surface area contributed by atoms with Crippen LogP contribution in [-0.4, -0.2) is 30.4 Å². The van der Waals surface area contributed by atoms with Crippen molar-refractivity contribution in [2.45, 2.75) is 32.2 Å². The minimum Gasteiger partial charge on any atom is -0.422 e. The van der Waals surface area contributed by atoms with Crippen LogP contribution in [-0.2, 0) is 19.0 Å². The van der Waals surface area contributed by atoms with E-state index in [9.17, 15) is 4.79 Å². The first-order valence-corrected chi connectivity index (χ1v) is 6.37. The summed E-state index contributed by atoms with van der Waals surface area (Å²) in [6, 6.07) is 0. The van der Waals surface area contributed by atoms with Gasteiger partial charge in [0.1, 0.15) is 0 Å². The third-order valence-electron chi connectivity index (χ3n) is 1.81. The largest absolute Gasteiger partial charge is 0.422 e. The molecule has 0 rings (SSSR count). The highest BCUT2D eigenvalue weighted by Crippen LogP contribution is 2.09. The Morgan fingerprint density at radius 2 is 2.00 bits per heavy atom. The molecule has 0 aromatic heterocycles. The van der Waals surface area contributed by atoms with E-state index in [0.29, 0.717) is 18.6 Å². The molecule has 0 spiro atoms. The molecule has 0 saturated heterocycles. The number of nitrogens with zero attached hydrogens (tertiary/aromatic N) is 2. The lowest BCUT2D eigenvalue weighted by molar-refractivity contribution is -0.177. The molecule has 0 bridgehead atoms. The van der Waals surface area contributed by atoms with Gasteiger partial charge in [-0.3, -0.25) is 0 Å². The second-order valence-corrected chi connectivity index (χ2v) is 3.95. The molecule has 94 valence electrons. The van der Waals surface area contributed by atoms with E-state index in [0.717, 1.165) is 0 Å². The zero-order valence-corrected chi connectivity index (χ0v) is 10.5. The number of carbonyl (C=O) groups excluding carboxylic acids is 1. The summed E-state index contributed by atoms with van der Waals surface area (Å²) in [6.07, 6.45) is 3.65. The lowest BCUT2D eigenvalue weighted by Gasteiger charge is -2.16. The number of hydrogen-bond donors (Lipinski definition) is 0. The van der Waals surface area contributed by atoms with Crippen LogP contribution in [0.15, 0.2) is 0 Å². The van der Waals surface area contributed by atoms with Crippen LogP contribution in [0, 0.1) is 23.0 Å². The first-order valence-electron chi connectivity index (χ1n) is 4.98. The number of carbonyl (C=O) groups is 1. The Balaban J connectivity index is 4.30. The standard InChI is InChI=1S/C10H14N2O4S/c1-3-9(15-7-12)16-10(13)8(14-6-11)4-5-17-2/h8-9H,3-5H2,1-2H3. The van der Waals surface area contributed by atoms with Gasteiger partial charge in [0.05, 0.1) is 0 Å². The summed E-state index contributed by atoms with van der Waals surface area (Å²) in [4.78, 5) is 11.6. The van der Waals surface area contributed by atoms with Crippen LogP contribution in [0.1, 0.15) is 19.8 Å². The minimum absolute atomic E-state index is 0.348. The van der Waals surface area contributed by atoms with Gasteiger partial charge in [-0.05, 0) is 12.0 Å². The van der Waals surface area contributed by atoms with Gasteiger partial charge in [0.25, 0.3) is 18.8 Å². The Kier molecular flexibility index (Phi) is 8.71. The molecule has 0 aliphatic rings. The van der Waals surface area contributed by atoms with Gasteiger partial charge >= 0.3 is 5.97 Å². The SMILES string of the molecule is CCC(OC#N)OC(=O)C(CCSC)OC#N. The first-order chi connectivity index (χ1) is 8.19. The monoisotopic (exact) mass is 258 g/mol. The van der Waals surface area contributed by atoms with Crippen molar-refractivity contribution in [1.29, 1.82) is 10.5 Å². The molecule has 0 fully saturated rings. The van der Waals surface area contributed by atoms with E-state index in [2.05, 4.69) is 9.47 Å². The number of thioether (sulfide) groups is 1. The normalized spacial score (nSPS) is 12.7. The molecular weight excluding hydrogens is 244 g/mol. The van der Waals surface area contributed by atoms with Gasteiger partial charge in [-0.25, -0.2) is 4.79 Å². The third kappa shape index (κ3) is 6.54. The van der Waals surface area contributed by atoms with Crippen LogP contribution in [0.3, 0.4) is 0 Å². The van der Waals surface area contributed by atoms with Crippen LogP contribution in [0.25, 0.3) is 0 Å². The quantitative estimate of drug-likeness (QED) is 0.369. The molecule has 0 N–H and O–H groups in total. The fourth-order valence-corrected chi connectivity index (χ4v) is 1.42. The number of rotatable bonds is 8. The van der Waals surface area contributed by atoms with Crippen LogP contribution in [0.2, 0.25) is 0 Å². The predicted molar refractivity (Wildman–Crippen MR) is 60.4 cm³/mol.